The fourth-order valence-corrected chi connectivity index (χ4v) is 2.73. The Hall–Kier alpha value is -0.160. The summed E-state index contributed by atoms with van der Waals surface area (Å²) in [4.78, 5) is 4.78. The molecule has 0 aromatic carbocycles. The van der Waals surface area contributed by atoms with E-state index in [0.717, 1.165) is 32.7 Å². The van der Waals surface area contributed by atoms with E-state index in [4.69, 9.17) is 10.5 Å². The van der Waals surface area contributed by atoms with Gasteiger partial charge >= 0.3 is 0 Å². The van der Waals surface area contributed by atoms with E-state index in [1.165, 1.54) is 6.42 Å². The van der Waals surface area contributed by atoms with E-state index < -0.39 is 0 Å². The molecule has 1 aliphatic rings. The van der Waals surface area contributed by atoms with Crippen molar-refractivity contribution in [1.29, 1.82) is 0 Å². The van der Waals surface area contributed by atoms with E-state index in [2.05, 4.69) is 37.7 Å². The first-order valence-electron chi connectivity index (χ1n) is 6.78. The molecule has 4 heteroatoms. The quantitative estimate of drug-likeness (QED) is 0.717. The Balaban J connectivity index is 2.71. The molecule has 1 aliphatic heterocycles. The molecule has 0 spiro atoms. The third-order valence-corrected chi connectivity index (χ3v) is 3.95. The first kappa shape index (κ1) is 14.9. The highest BCUT2D eigenvalue weighted by Gasteiger charge is 2.44. The van der Waals surface area contributed by atoms with Gasteiger partial charge in [-0.3, -0.25) is 4.90 Å². The van der Waals surface area contributed by atoms with Gasteiger partial charge in [-0.2, -0.15) is 0 Å². The van der Waals surface area contributed by atoms with Crippen molar-refractivity contribution in [2.75, 3.05) is 46.9 Å². The highest BCUT2D eigenvalue weighted by atomic mass is 16.5. The van der Waals surface area contributed by atoms with Crippen molar-refractivity contribution < 1.29 is 4.74 Å². The van der Waals surface area contributed by atoms with Crippen LogP contribution in [0.3, 0.4) is 0 Å². The second kappa shape index (κ2) is 6.69. The number of hydrogen-bond acceptors (Lipinski definition) is 4. The monoisotopic (exact) mass is 243 g/mol. The Morgan fingerprint density at radius 1 is 1.29 bits per heavy atom. The number of hydrogen-bond donors (Lipinski definition) is 1. The van der Waals surface area contributed by atoms with Crippen LogP contribution in [0.2, 0.25) is 0 Å². The lowest BCUT2D eigenvalue weighted by Crippen LogP contribution is -2.59. The fourth-order valence-electron chi connectivity index (χ4n) is 2.73. The molecular formula is C13H29N3O. The minimum Gasteiger partial charge on any atom is -0.376 e. The lowest BCUT2D eigenvalue weighted by atomic mass is 9.89. The minimum absolute atomic E-state index is 0.0615. The third-order valence-electron chi connectivity index (χ3n) is 3.95. The van der Waals surface area contributed by atoms with Gasteiger partial charge in [-0.1, -0.05) is 6.92 Å². The number of likely N-dealkylation sites (N-methyl/N-ethyl adjacent to an activating group) is 1. The van der Waals surface area contributed by atoms with Gasteiger partial charge in [-0.15, -0.1) is 0 Å². The zero-order chi connectivity index (χ0) is 12.9. The lowest BCUT2D eigenvalue weighted by Gasteiger charge is -2.43. The van der Waals surface area contributed by atoms with Crippen LogP contribution in [0.25, 0.3) is 0 Å². The molecule has 17 heavy (non-hydrogen) atoms. The first-order chi connectivity index (χ1) is 8.06. The Morgan fingerprint density at radius 3 is 2.41 bits per heavy atom. The molecule has 0 aromatic rings. The number of nitrogens with zero attached hydrogens (tertiary/aromatic N) is 2. The summed E-state index contributed by atoms with van der Waals surface area (Å²) in [5.74, 6) is 0. The van der Waals surface area contributed by atoms with E-state index in [1.807, 2.05) is 0 Å². The average molecular weight is 243 g/mol. The summed E-state index contributed by atoms with van der Waals surface area (Å²) in [6, 6.07) is 0. The normalized spacial score (nSPS) is 29.5. The summed E-state index contributed by atoms with van der Waals surface area (Å²) in [5, 5.41) is 0. The molecule has 0 aliphatic carbocycles. The van der Waals surface area contributed by atoms with E-state index >= 15 is 0 Å². The van der Waals surface area contributed by atoms with E-state index in [0.29, 0.717) is 6.54 Å². The van der Waals surface area contributed by atoms with Crippen molar-refractivity contribution >= 4 is 0 Å². The van der Waals surface area contributed by atoms with Crippen LogP contribution in [-0.2, 0) is 4.74 Å². The van der Waals surface area contributed by atoms with Crippen molar-refractivity contribution in [2.24, 2.45) is 5.73 Å². The summed E-state index contributed by atoms with van der Waals surface area (Å²) in [6.07, 6.45) is 2.49. The van der Waals surface area contributed by atoms with Crippen molar-refractivity contribution in [3.8, 4) is 0 Å². The molecule has 1 rings (SSSR count). The SMILES string of the molecule is CCCN(CCN(C)C)C1(CN)CCOC1C. The maximum atomic E-state index is 6.06. The second-order valence-electron chi connectivity index (χ2n) is 5.36. The molecule has 4 nitrogen and oxygen atoms in total. The van der Waals surface area contributed by atoms with Crippen LogP contribution in [0, 0.1) is 0 Å². The Labute approximate surface area is 106 Å². The summed E-state index contributed by atoms with van der Waals surface area (Å²) >= 11 is 0. The van der Waals surface area contributed by atoms with E-state index in [-0.39, 0.29) is 11.6 Å². The molecule has 2 N–H and O–H groups in total. The Kier molecular flexibility index (Phi) is 5.86. The molecular weight excluding hydrogens is 214 g/mol. The van der Waals surface area contributed by atoms with Crippen LogP contribution >= 0.6 is 0 Å². The molecule has 1 heterocycles. The number of rotatable bonds is 7. The van der Waals surface area contributed by atoms with Gasteiger partial charge in [-0.25, -0.2) is 0 Å². The minimum atomic E-state index is 0.0615. The van der Waals surface area contributed by atoms with Crippen LogP contribution < -0.4 is 5.73 Å². The predicted octanol–water partition coefficient (Wildman–Crippen LogP) is 0.766. The zero-order valence-corrected chi connectivity index (χ0v) is 11.9. The van der Waals surface area contributed by atoms with Gasteiger partial charge in [0.15, 0.2) is 0 Å². The van der Waals surface area contributed by atoms with E-state index in [1.54, 1.807) is 0 Å². The Morgan fingerprint density at radius 2 is 2.00 bits per heavy atom. The van der Waals surface area contributed by atoms with Gasteiger partial charge in [0.1, 0.15) is 0 Å². The molecule has 0 radical (unpaired) electrons. The molecule has 2 unspecified atom stereocenters. The molecule has 2 atom stereocenters. The molecule has 1 saturated heterocycles. The molecule has 0 amide bonds. The van der Waals surface area contributed by atoms with Crippen molar-refractivity contribution in [2.45, 2.75) is 38.3 Å². The largest absolute Gasteiger partial charge is 0.376 e. The Bertz CT molecular complexity index is 223. The van der Waals surface area contributed by atoms with Gasteiger partial charge in [0.05, 0.1) is 11.6 Å². The summed E-state index contributed by atoms with van der Waals surface area (Å²) < 4.78 is 5.76. The number of nitrogens with two attached hydrogens (primary N) is 1. The maximum absolute atomic E-state index is 6.06. The summed E-state index contributed by atoms with van der Waals surface area (Å²) in [5.41, 5.74) is 6.12. The van der Waals surface area contributed by atoms with Gasteiger partial charge in [0.25, 0.3) is 0 Å². The van der Waals surface area contributed by atoms with Crippen LogP contribution in [-0.4, -0.2) is 68.3 Å². The molecule has 0 saturated carbocycles. The van der Waals surface area contributed by atoms with E-state index in [9.17, 15) is 0 Å². The fraction of sp³-hybridized carbons (Fsp3) is 1.00. The average Bonchev–Trinajstić information content (AvgIpc) is 2.66. The predicted molar refractivity (Wildman–Crippen MR) is 72.2 cm³/mol. The van der Waals surface area contributed by atoms with Crippen LogP contribution in [0.1, 0.15) is 26.7 Å². The standard InChI is InChI=1S/C13H29N3O/c1-5-7-16(9-8-15(3)4)13(11-14)6-10-17-12(13)2/h12H,5-11,14H2,1-4H3. The summed E-state index contributed by atoms with van der Waals surface area (Å²) in [7, 11) is 4.24. The topological polar surface area (TPSA) is 41.7 Å². The van der Waals surface area contributed by atoms with Crippen LogP contribution in [0.4, 0.5) is 0 Å². The van der Waals surface area contributed by atoms with Gasteiger partial charge in [0.2, 0.25) is 0 Å². The van der Waals surface area contributed by atoms with Crippen molar-refractivity contribution in [1.82, 2.24) is 9.80 Å². The van der Waals surface area contributed by atoms with Gasteiger partial charge < -0.3 is 15.4 Å². The molecule has 1 fully saturated rings. The van der Waals surface area contributed by atoms with Crippen LogP contribution in [0.15, 0.2) is 0 Å². The van der Waals surface area contributed by atoms with Crippen LogP contribution in [0.5, 0.6) is 0 Å². The van der Waals surface area contributed by atoms with Crippen molar-refractivity contribution in [3.63, 3.8) is 0 Å². The van der Waals surface area contributed by atoms with Gasteiger partial charge in [0, 0.05) is 26.2 Å². The number of ether oxygens (including phenoxy) is 1. The molecule has 0 bridgehead atoms. The molecule has 0 aromatic heterocycles. The van der Waals surface area contributed by atoms with Crippen molar-refractivity contribution in [3.05, 3.63) is 0 Å². The maximum Gasteiger partial charge on any atom is 0.0743 e. The highest BCUT2D eigenvalue weighted by Crippen LogP contribution is 2.31. The smallest absolute Gasteiger partial charge is 0.0743 e. The second-order valence-corrected chi connectivity index (χ2v) is 5.36. The molecule has 102 valence electrons. The summed E-state index contributed by atoms with van der Waals surface area (Å²) in [6.45, 7) is 9.20. The lowest BCUT2D eigenvalue weighted by molar-refractivity contribution is 0.0114. The first-order valence-corrected chi connectivity index (χ1v) is 6.78. The van der Waals surface area contributed by atoms with Gasteiger partial charge in [-0.05, 0) is 40.4 Å². The highest BCUT2D eigenvalue weighted by molar-refractivity contribution is 5.00. The zero-order valence-electron chi connectivity index (χ0n) is 11.9. The third kappa shape index (κ3) is 3.41.